The van der Waals surface area contributed by atoms with Crippen LogP contribution in [0.3, 0.4) is 0 Å². The second kappa shape index (κ2) is 5.81. The lowest BCUT2D eigenvalue weighted by Crippen LogP contribution is -2.54. The first-order valence-electron chi connectivity index (χ1n) is 5.53. The van der Waals surface area contributed by atoms with Crippen LogP contribution in [0.15, 0.2) is 0 Å². The van der Waals surface area contributed by atoms with Crippen LogP contribution in [0.5, 0.6) is 0 Å². The van der Waals surface area contributed by atoms with Crippen LogP contribution in [0, 0.1) is 0 Å². The summed E-state index contributed by atoms with van der Waals surface area (Å²) >= 11 is 0. The van der Waals surface area contributed by atoms with Gasteiger partial charge in [0.25, 0.3) is 0 Å². The van der Waals surface area contributed by atoms with Crippen molar-refractivity contribution in [2.75, 3.05) is 13.2 Å². The molecule has 92 valence electrons. The molecular weight excluding hydrogens is 210 g/mol. The molecule has 6 heteroatoms. The van der Waals surface area contributed by atoms with Crippen LogP contribution in [0.25, 0.3) is 0 Å². The van der Waals surface area contributed by atoms with E-state index < -0.39 is 18.0 Å². The summed E-state index contributed by atoms with van der Waals surface area (Å²) in [5.41, 5.74) is 4.89. The number of aliphatic hydroxyl groups excluding tert-OH is 1. The number of imide groups is 1. The lowest BCUT2D eigenvalue weighted by atomic mass is 10.0. The van der Waals surface area contributed by atoms with E-state index in [-0.39, 0.29) is 12.6 Å². The number of hydrogen-bond acceptors (Lipinski definition) is 4. The molecule has 0 radical (unpaired) electrons. The molecule has 0 aromatic carbocycles. The molecule has 3 amide bonds. The maximum atomic E-state index is 11.6. The largest absolute Gasteiger partial charge is 0.395 e. The number of nitrogens with zero attached hydrogens (tertiary/aromatic N) is 1. The van der Waals surface area contributed by atoms with Gasteiger partial charge in [-0.3, -0.25) is 15.0 Å². The molecule has 16 heavy (non-hydrogen) atoms. The molecule has 1 fully saturated rings. The lowest BCUT2D eigenvalue weighted by Gasteiger charge is -2.37. The van der Waals surface area contributed by atoms with Crippen molar-refractivity contribution in [3.8, 4) is 0 Å². The fraction of sp³-hybridized carbons (Fsp3) is 0.800. The Morgan fingerprint density at radius 3 is 2.81 bits per heavy atom. The van der Waals surface area contributed by atoms with Gasteiger partial charge in [0.05, 0.1) is 12.6 Å². The lowest BCUT2D eigenvalue weighted by molar-refractivity contribution is -0.126. The SMILES string of the molecule is CC(C(=O)NC(N)=O)N1CCCCC1CO. The maximum absolute atomic E-state index is 11.6. The summed E-state index contributed by atoms with van der Waals surface area (Å²) in [6.07, 6.45) is 2.95. The van der Waals surface area contributed by atoms with Crippen molar-refractivity contribution >= 4 is 11.9 Å². The zero-order valence-corrected chi connectivity index (χ0v) is 9.48. The normalized spacial score (nSPS) is 23.8. The van der Waals surface area contributed by atoms with Gasteiger partial charge in [-0.15, -0.1) is 0 Å². The summed E-state index contributed by atoms with van der Waals surface area (Å²) in [4.78, 5) is 24.1. The first-order chi connectivity index (χ1) is 7.56. The number of nitrogens with two attached hydrogens (primary N) is 1. The Kier molecular flexibility index (Phi) is 4.70. The average Bonchev–Trinajstić information content (AvgIpc) is 2.27. The molecule has 1 aliphatic rings. The van der Waals surface area contributed by atoms with E-state index >= 15 is 0 Å². The van der Waals surface area contributed by atoms with Crippen LogP contribution < -0.4 is 11.1 Å². The van der Waals surface area contributed by atoms with E-state index in [0.29, 0.717) is 0 Å². The number of nitrogens with one attached hydrogen (secondary N) is 1. The van der Waals surface area contributed by atoms with Gasteiger partial charge >= 0.3 is 6.03 Å². The van der Waals surface area contributed by atoms with Gasteiger partial charge in [-0.05, 0) is 26.3 Å². The molecule has 1 aliphatic heterocycles. The zero-order valence-electron chi connectivity index (χ0n) is 9.48. The van der Waals surface area contributed by atoms with E-state index in [2.05, 4.69) is 5.32 Å². The number of carbonyl (C=O) groups excluding carboxylic acids is 2. The molecule has 2 unspecified atom stereocenters. The summed E-state index contributed by atoms with van der Waals surface area (Å²) in [6.45, 7) is 2.51. The maximum Gasteiger partial charge on any atom is 0.318 e. The minimum atomic E-state index is -0.839. The zero-order chi connectivity index (χ0) is 12.1. The average molecular weight is 229 g/mol. The van der Waals surface area contributed by atoms with Crippen molar-refractivity contribution < 1.29 is 14.7 Å². The second-order valence-corrected chi connectivity index (χ2v) is 4.10. The molecule has 1 saturated heterocycles. The van der Waals surface area contributed by atoms with Gasteiger partial charge in [0.15, 0.2) is 0 Å². The van der Waals surface area contributed by atoms with Crippen LogP contribution in [0.4, 0.5) is 4.79 Å². The molecule has 0 spiro atoms. The standard InChI is InChI=1S/C10H19N3O3/c1-7(9(15)12-10(11)16)13-5-3-2-4-8(13)6-14/h7-8,14H,2-6H2,1H3,(H3,11,12,15,16). The number of likely N-dealkylation sites (tertiary alicyclic amines) is 1. The summed E-state index contributed by atoms with van der Waals surface area (Å²) in [5, 5.41) is 11.3. The first kappa shape index (κ1) is 12.9. The van der Waals surface area contributed by atoms with Gasteiger partial charge in [0, 0.05) is 6.04 Å². The third kappa shape index (κ3) is 3.18. The first-order valence-corrected chi connectivity index (χ1v) is 5.53. The van der Waals surface area contributed by atoms with Crippen LogP contribution in [0.2, 0.25) is 0 Å². The van der Waals surface area contributed by atoms with E-state index in [1.807, 2.05) is 4.90 Å². The molecular formula is C10H19N3O3. The predicted octanol–water partition coefficient (Wildman–Crippen LogP) is -0.583. The third-order valence-electron chi connectivity index (χ3n) is 3.01. The van der Waals surface area contributed by atoms with E-state index in [0.717, 1.165) is 25.8 Å². The number of primary amides is 1. The molecule has 0 bridgehead atoms. The Balaban J connectivity index is 2.59. The minimum absolute atomic E-state index is 0.00220. The molecule has 1 rings (SSSR count). The predicted molar refractivity (Wildman–Crippen MR) is 58.6 cm³/mol. The van der Waals surface area contributed by atoms with Crippen LogP contribution in [-0.2, 0) is 4.79 Å². The van der Waals surface area contributed by atoms with Gasteiger partial charge in [-0.25, -0.2) is 4.79 Å². The summed E-state index contributed by atoms with van der Waals surface area (Å²) in [6, 6.07) is -1.28. The number of piperidine rings is 1. The van der Waals surface area contributed by atoms with Crippen molar-refractivity contribution in [3.63, 3.8) is 0 Å². The van der Waals surface area contributed by atoms with E-state index in [9.17, 15) is 14.7 Å². The topological polar surface area (TPSA) is 95.7 Å². The Morgan fingerprint density at radius 2 is 2.25 bits per heavy atom. The molecule has 4 N–H and O–H groups in total. The van der Waals surface area contributed by atoms with Gasteiger partial charge in [0.2, 0.25) is 5.91 Å². The van der Waals surface area contributed by atoms with Gasteiger partial charge < -0.3 is 10.8 Å². The van der Waals surface area contributed by atoms with Crippen molar-refractivity contribution in [3.05, 3.63) is 0 Å². The van der Waals surface area contributed by atoms with Crippen molar-refractivity contribution in [1.29, 1.82) is 0 Å². The highest BCUT2D eigenvalue weighted by atomic mass is 16.3. The van der Waals surface area contributed by atoms with Gasteiger partial charge in [-0.2, -0.15) is 0 Å². The Morgan fingerprint density at radius 1 is 1.56 bits per heavy atom. The van der Waals surface area contributed by atoms with E-state index in [1.54, 1.807) is 6.92 Å². The van der Waals surface area contributed by atoms with Gasteiger partial charge in [0.1, 0.15) is 0 Å². The van der Waals surface area contributed by atoms with Crippen molar-refractivity contribution in [2.24, 2.45) is 5.73 Å². The molecule has 0 aromatic rings. The Labute approximate surface area is 94.8 Å². The number of urea groups is 1. The second-order valence-electron chi connectivity index (χ2n) is 4.10. The highest BCUT2D eigenvalue weighted by molar-refractivity contribution is 5.96. The number of rotatable bonds is 3. The molecule has 0 aromatic heterocycles. The highest BCUT2D eigenvalue weighted by Gasteiger charge is 2.30. The monoisotopic (exact) mass is 229 g/mol. The van der Waals surface area contributed by atoms with Crippen molar-refractivity contribution in [1.82, 2.24) is 10.2 Å². The number of carbonyl (C=O) groups is 2. The number of aliphatic hydroxyl groups is 1. The van der Waals surface area contributed by atoms with E-state index in [4.69, 9.17) is 5.73 Å². The number of amides is 3. The van der Waals surface area contributed by atoms with Crippen molar-refractivity contribution in [2.45, 2.75) is 38.3 Å². The summed E-state index contributed by atoms with van der Waals surface area (Å²) in [5.74, 6) is -0.409. The molecule has 6 nitrogen and oxygen atoms in total. The Hall–Kier alpha value is -1.14. The fourth-order valence-corrected chi connectivity index (χ4v) is 2.11. The van der Waals surface area contributed by atoms with Gasteiger partial charge in [-0.1, -0.05) is 6.42 Å². The van der Waals surface area contributed by atoms with E-state index in [1.165, 1.54) is 0 Å². The minimum Gasteiger partial charge on any atom is -0.395 e. The molecule has 1 heterocycles. The van der Waals surface area contributed by atoms with Crippen LogP contribution in [-0.4, -0.2) is 47.2 Å². The third-order valence-corrected chi connectivity index (χ3v) is 3.01. The molecule has 2 atom stereocenters. The quantitative estimate of drug-likeness (QED) is 0.603. The molecule has 0 aliphatic carbocycles. The smallest absolute Gasteiger partial charge is 0.318 e. The highest BCUT2D eigenvalue weighted by Crippen LogP contribution is 2.19. The summed E-state index contributed by atoms with van der Waals surface area (Å²) < 4.78 is 0. The Bertz CT molecular complexity index is 270. The van der Waals surface area contributed by atoms with Crippen LogP contribution >= 0.6 is 0 Å². The number of hydrogen-bond donors (Lipinski definition) is 3. The fourth-order valence-electron chi connectivity index (χ4n) is 2.11. The van der Waals surface area contributed by atoms with Crippen LogP contribution in [0.1, 0.15) is 26.2 Å². The molecule has 0 saturated carbocycles. The summed E-state index contributed by atoms with van der Waals surface area (Å²) in [7, 11) is 0.